The predicted octanol–water partition coefficient (Wildman–Crippen LogP) is 1.79. The Hall–Kier alpha value is -1.68. The van der Waals surface area contributed by atoms with Crippen molar-refractivity contribution in [3.63, 3.8) is 0 Å². The molecule has 1 aromatic heterocycles. The molecule has 76 valence electrons. The van der Waals surface area contributed by atoms with Crippen LogP contribution in [0.2, 0.25) is 5.02 Å². The van der Waals surface area contributed by atoms with Crippen LogP contribution in [-0.4, -0.2) is 21.3 Å². The Bertz CT molecular complexity index is 481. The molecule has 15 heavy (non-hydrogen) atoms. The fraction of sp³-hybridized carbons (Fsp3) is 0.100. The predicted molar refractivity (Wildman–Crippen MR) is 56.0 cm³/mol. The second-order valence-corrected chi connectivity index (χ2v) is 3.53. The average Bonchev–Trinajstić information content (AvgIpc) is 2.65. The van der Waals surface area contributed by atoms with Crippen molar-refractivity contribution in [3.05, 3.63) is 46.7 Å². The Labute approximate surface area is 91.5 Å². The molecule has 0 unspecified atom stereocenters. The lowest BCUT2D eigenvalue weighted by molar-refractivity contribution is 0.111. The van der Waals surface area contributed by atoms with Gasteiger partial charge in [0, 0.05) is 5.02 Å². The van der Waals surface area contributed by atoms with Crippen LogP contribution in [0.15, 0.2) is 30.5 Å². The van der Waals surface area contributed by atoms with Crippen LogP contribution >= 0.6 is 11.6 Å². The van der Waals surface area contributed by atoms with E-state index in [0.717, 1.165) is 5.56 Å². The molecule has 0 spiro atoms. The molecule has 2 aromatic rings. The number of hydrogen-bond donors (Lipinski definition) is 0. The van der Waals surface area contributed by atoms with Crippen molar-refractivity contribution in [2.75, 3.05) is 0 Å². The summed E-state index contributed by atoms with van der Waals surface area (Å²) in [6.07, 6.45) is 2.26. The molecule has 1 aromatic carbocycles. The number of hydrogen-bond acceptors (Lipinski definition) is 3. The molecule has 0 radical (unpaired) electrons. The molecule has 0 amide bonds. The van der Waals surface area contributed by atoms with E-state index in [0.29, 0.717) is 23.5 Å². The summed E-state index contributed by atoms with van der Waals surface area (Å²) in [6.45, 7) is 0.557. The molecule has 0 atom stereocenters. The van der Waals surface area contributed by atoms with Gasteiger partial charge in [-0.1, -0.05) is 28.9 Å². The minimum Gasteiger partial charge on any atom is -0.296 e. The lowest BCUT2D eigenvalue weighted by Crippen LogP contribution is -2.00. The topological polar surface area (TPSA) is 47.8 Å². The van der Waals surface area contributed by atoms with Crippen molar-refractivity contribution in [2.24, 2.45) is 0 Å². The van der Waals surface area contributed by atoms with Gasteiger partial charge in [0.25, 0.3) is 0 Å². The third-order valence-electron chi connectivity index (χ3n) is 1.91. The van der Waals surface area contributed by atoms with Crippen LogP contribution in [0.5, 0.6) is 0 Å². The van der Waals surface area contributed by atoms with E-state index in [1.807, 2.05) is 24.3 Å². The van der Waals surface area contributed by atoms with Gasteiger partial charge in [-0.25, -0.2) is 4.68 Å². The van der Waals surface area contributed by atoms with Gasteiger partial charge in [0.05, 0.1) is 12.7 Å². The lowest BCUT2D eigenvalue weighted by atomic mass is 10.2. The molecule has 0 saturated carbocycles. The first-order valence-corrected chi connectivity index (χ1v) is 4.75. The highest BCUT2D eigenvalue weighted by Gasteiger charge is 2.00. The number of halogens is 1. The van der Waals surface area contributed by atoms with Crippen LogP contribution in [0, 0.1) is 0 Å². The van der Waals surface area contributed by atoms with Gasteiger partial charge < -0.3 is 0 Å². The molecule has 4 nitrogen and oxygen atoms in total. The van der Waals surface area contributed by atoms with Crippen LogP contribution in [0.1, 0.15) is 16.1 Å². The van der Waals surface area contributed by atoms with Gasteiger partial charge in [-0.2, -0.15) is 0 Å². The Morgan fingerprint density at radius 2 is 2.33 bits per heavy atom. The Morgan fingerprint density at radius 3 is 3.00 bits per heavy atom. The Morgan fingerprint density at radius 1 is 1.47 bits per heavy atom. The second kappa shape index (κ2) is 4.23. The number of carbonyl (C=O) groups excluding carboxylic acids is 1. The van der Waals surface area contributed by atoms with E-state index >= 15 is 0 Å². The quantitative estimate of drug-likeness (QED) is 0.743. The first-order chi connectivity index (χ1) is 7.28. The molecule has 0 aliphatic carbocycles. The number of carbonyl (C=O) groups is 1. The summed E-state index contributed by atoms with van der Waals surface area (Å²) in [5.41, 5.74) is 1.35. The number of aldehydes is 1. The van der Waals surface area contributed by atoms with Crippen LogP contribution in [0.3, 0.4) is 0 Å². The third-order valence-corrected chi connectivity index (χ3v) is 2.15. The van der Waals surface area contributed by atoms with E-state index < -0.39 is 0 Å². The van der Waals surface area contributed by atoms with E-state index in [1.165, 1.54) is 0 Å². The summed E-state index contributed by atoms with van der Waals surface area (Å²) in [4.78, 5) is 10.4. The smallest absolute Gasteiger partial charge is 0.171 e. The summed E-state index contributed by atoms with van der Waals surface area (Å²) in [6, 6.07) is 7.47. The number of rotatable bonds is 3. The average molecular weight is 222 g/mol. The van der Waals surface area contributed by atoms with E-state index in [4.69, 9.17) is 11.6 Å². The van der Waals surface area contributed by atoms with Crippen LogP contribution in [-0.2, 0) is 6.54 Å². The zero-order valence-electron chi connectivity index (χ0n) is 7.80. The van der Waals surface area contributed by atoms with Gasteiger partial charge in [-0.05, 0) is 17.7 Å². The largest absolute Gasteiger partial charge is 0.296 e. The minimum atomic E-state index is 0.331. The standard InChI is InChI=1S/C10H8ClN3O/c11-9-3-1-2-8(4-9)5-14-6-10(7-15)12-13-14/h1-4,6-7H,5H2. The molecule has 0 aliphatic rings. The first kappa shape index (κ1) is 9.86. The third kappa shape index (κ3) is 2.41. The molecule has 0 saturated heterocycles. The van der Waals surface area contributed by atoms with Crippen molar-refractivity contribution < 1.29 is 4.79 Å². The van der Waals surface area contributed by atoms with E-state index in [-0.39, 0.29) is 0 Å². The zero-order valence-corrected chi connectivity index (χ0v) is 8.55. The van der Waals surface area contributed by atoms with Crippen molar-refractivity contribution in [1.82, 2.24) is 15.0 Å². The maximum absolute atomic E-state index is 10.4. The van der Waals surface area contributed by atoms with Gasteiger partial charge in [-0.15, -0.1) is 5.10 Å². The molecule has 0 aliphatic heterocycles. The zero-order chi connectivity index (χ0) is 10.7. The van der Waals surface area contributed by atoms with Crippen molar-refractivity contribution in [3.8, 4) is 0 Å². The monoisotopic (exact) mass is 221 g/mol. The maximum atomic E-state index is 10.4. The maximum Gasteiger partial charge on any atom is 0.171 e. The highest BCUT2D eigenvalue weighted by Crippen LogP contribution is 2.11. The summed E-state index contributed by atoms with van der Waals surface area (Å²) >= 11 is 5.84. The Balaban J connectivity index is 2.18. The molecule has 1 heterocycles. The SMILES string of the molecule is O=Cc1cn(Cc2cccc(Cl)c2)nn1. The fourth-order valence-corrected chi connectivity index (χ4v) is 1.48. The first-order valence-electron chi connectivity index (χ1n) is 4.37. The summed E-state index contributed by atoms with van der Waals surface area (Å²) < 4.78 is 1.59. The highest BCUT2D eigenvalue weighted by atomic mass is 35.5. The summed E-state index contributed by atoms with van der Waals surface area (Å²) in [5, 5.41) is 8.15. The van der Waals surface area contributed by atoms with E-state index in [1.54, 1.807) is 10.9 Å². The van der Waals surface area contributed by atoms with Gasteiger partial charge in [0.2, 0.25) is 0 Å². The molecule has 2 rings (SSSR count). The normalized spacial score (nSPS) is 10.2. The molecule has 0 bridgehead atoms. The van der Waals surface area contributed by atoms with Crippen molar-refractivity contribution in [1.29, 1.82) is 0 Å². The van der Waals surface area contributed by atoms with Gasteiger partial charge in [0.1, 0.15) is 5.69 Å². The van der Waals surface area contributed by atoms with E-state index in [9.17, 15) is 4.79 Å². The number of aromatic nitrogens is 3. The second-order valence-electron chi connectivity index (χ2n) is 3.09. The molecule has 0 N–H and O–H groups in total. The van der Waals surface area contributed by atoms with Crippen molar-refractivity contribution in [2.45, 2.75) is 6.54 Å². The molecular formula is C10H8ClN3O. The summed E-state index contributed by atoms with van der Waals surface area (Å²) in [5.74, 6) is 0. The highest BCUT2D eigenvalue weighted by molar-refractivity contribution is 6.30. The van der Waals surface area contributed by atoms with Gasteiger partial charge in [0.15, 0.2) is 6.29 Å². The van der Waals surface area contributed by atoms with E-state index in [2.05, 4.69) is 10.3 Å². The van der Waals surface area contributed by atoms with Crippen LogP contribution < -0.4 is 0 Å². The lowest BCUT2D eigenvalue weighted by Gasteiger charge is -2.00. The summed E-state index contributed by atoms with van der Waals surface area (Å²) in [7, 11) is 0. The minimum absolute atomic E-state index is 0.331. The van der Waals surface area contributed by atoms with Crippen molar-refractivity contribution >= 4 is 17.9 Å². The van der Waals surface area contributed by atoms with Gasteiger partial charge >= 0.3 is 0 Å². The molecule has 0 fully saturated rings. The molecule has 5 heteroatoms. The van der Waals surface area contributed by atoms with Crippen LogP contribution in [0.4, 0.5) is 0 Å². The number of nitrogens with zero attached hydrogens (tertiary/aromatic N) is 3. The van der Waals surface area contributed by atoms with Crippen LogP contribution in [0.25, 0.3) is 0 Å². The van der Waals surface area contributed by atoms with Gasteiger partial charge in [-0.3, -0.25) is 4.79 Å². The number of benzene rings is 1. The fourth-order valence-electron chi connectivity index (χ4n) is 1.27. The molecular weight excluding hydrogens is 214 g/mol. The Kier molecular flexibility index (Phi) is 2.78.